The molecule has 2 heterocycles. The van der Waals surface area contributed by atoms with Gasteiger partial charge in [0.15, 0.2) is 11.6 Å². The maximum atomic E-state index is 11.4. The molecule has 5 heteroatoms. The van der Waals surface area contributed by atoms with Crippen molar-refractivity contribution in [1.82, 2.24) is 9.97 Å². The van der Waals surface area contributed by atoms with E-state index in [-0.39, 0.29) is 0 Å². The molecule has 0 spiro atoms. The summed E-state index contributed by atoms with van der Waals surface area (Å²) in [6, 6.07) is 18.5. The van der Waals surface area contributed by atoms with E-state index in [1.165, 1.54) is 0 Å². The van der Waals surface area contributed by atoms with E-state index in [1.54, 1.807) is 32.4 Å². The number of rotatable bonds is 4. The highest BCUT2D eigenvalue weighted by Crippen LogP contribution is 2.34. The summed E-state index contributed by atoms with van der Waals surface area (Å²) >= 11 is 0. The molecule has 2 aromatic heterocycles. The van der Waals surface area contributed by atoms with Crippen LogP contribution < -0.4 is 4.74 Å². The standard InChI is InChI=1S/C21H18N2O3/c1-21(24,14-9-11-15(25-2)12-10-14)19-16-6-3-4-7-17(16)22-20(23-19)18-8-5-13-26-18/h3-13,24H,1-2H3. The lowest BCUT2D eigenvalue weighted by atomic mass is 9.89. The number of aromatic nitrogens is 2. The molecular weight excluding hydrogens is 328 g/mol. The second-order valence-corrected chi connectivity index (χ2v) is 6.19. The molecule has 0 amide bonds. The van der Waals surface area contributed by atoms with Gasteiger partial charge in [0.2, 0.25) is 0 Å². The van der Waals surface area contributed by atoms with Crippen LogP contribution in [0.1, 0.15) is 18.2 Å². The van der Waals surface area contributed by atoms with Gasteiger partial charge >= 0.3 is 0 Å². The average Bonchev–Trinajstić information content (AvgIpc) is 3.22. The number of benzene rings is 2. The fourth-order valence-corrected chi connectivity index (χ4v) is 3.02. The van der Waals surface area contributed by atoms with Crippen molar-refractivity contribution in [2.75, 3.05) is 7.11 Å². The number of fused-ring (bicyclic) bond motifs is 1. The molecule has 1 unspecified atom stereocenters. The van der Waals surface area contributed by atoms with Crippen molar-refractivity contribution >= 4 is 10.9 Å². The van der Waals surface area contributed by atoms with Crippen LogP contribution in [0.4, 0.5) is 0 Å². The van der Waals surface area contributed by atoms with E-state index < -0.39 is 5.60 Å². The van der Waals surface area contributed by atoms with Gasteiger partial charge in [0.25, 0.3) is 0 Å². The number of methoxy groups -OCH3 is 1. The first-order valence-electron chi connectivity index (χ1n) is 8.27. The van der Waals surface area contributed by atoms with E-state index in [1.807, 2.05) is 48.5 Å². The molecule has 4 rings (SSSR count). The van der Waals surface area contributed by atoms with Gasteiger partial charge in [0.05, 0.1) is 24.6 Å². The second kappa shape index (κ2) is 6.28. The van der Waals surface area contributed by atoms with Gasteiger partial charge < -0.3 is 14.3 Å². The normalized spacial score (nSPS) is 13.5. The quantitative estimate of drug-likeness (QED) is 0.601. The second-order valence-electron chi connectivity index (χ2n) is 6.19. The molecule has 0 aliphatic rings. The first-order valence-corrected chi connectivity index (χ1v) is 8.27. The predicted octanol–water partition coefficient (Wildman–Crippen LogP) is 4.15. The number of ether oxygens (including phenoxy) is 1. The Hall–Kier alpha value is -3.18. The van der Waals surface area contributed by atoms with Gasteiger partial charge in [0.1, 0.15) is 11.4 Å². The minimum absolute atomic E-state index is 0.442. The van der Waals surface area contributed by atoms with Crippen molar-refractivity contribution in [2.24, 2.45) is 0 Å². The van der Waals surface area contributed by atoms with Crippen LogP contribution in [0.5, 0.6) is 5.75 Å². The maximum Gasteiger partial charge on any atom is 0.196 e. The molecule has 0 saturated heterocycles. The maximum absolute atomic E-state index is 11.4. The van der Waals surface area contributed by atoms with Gasteiger partial charge in [-0.3, -0.25) is 0 Å². The Labute approximate surface area is 150 Å². The first-order chi connectivity index (χ1) is 12.6. The predicted molar refractivity (Wildman–Crippen MR) is 98.9 cm³/mol. The van der Waals surface area contributed by atoms with Gasteiger partial charge in [-0.25, -0.2) is 9.97 Å². The highest BCUT2D eigenvalue weighted by Gasteiger charge is 2.30. The van der Waals surface area contributed by atoms with Crippen LogP contribution in [0.2, 0.25) is 0 Å². The molecule has 0 saturated carbocycles. The van der Waals surface area contributed by atoms with Crippen molar-refractivity contribution < 1.29 is 14.3 Å². The molecule has 0 bridgehead atoms. The summed E-state index contributed by atoms with van der Waals surface area (Å²) in [7, 11) is 1.61. The lowest BCUT2D eigenvalue weighted by Gasteiger charge is -2.25. The van der Waals surface area contributed by atoms with Crippen molar-refractivity contribution in [3.05, 3.63) is 78.2 Å². The summed E-state index contributed by atoms with van der Waals surface area (Å²) in [6.07, 6.45) is 1.58. The zero-order valence-corrected chi connectivity index (χ0v) is 14.5. The summed E-state index contributed by atoms with van der Waals surface area (Å²) < 4.78 is 10.7. The molecule has 1 atom stereocenters. The number of hydrogen-bond acceptors (Lipinski definition) is 5. The van der Waals surface area contributed by atoms with Crippen LogP contribution in [0.25, 0.3) is 22.5 Å². The van der Waals surface area contributed by atoms with Crippen LogP contribution in [-0.4, -0.2) is 22.2 Å². The Morgan fingerprint density at radius 1 is 0.962 bits per heavy atom. The van der Waals surface area contributed by atoms with Crippen LogP contribution in [0, 0.1) is 0 Å². The zero-order chi connectivity index (χ0) is 18.1. The Kier molecular flexibility index (Phi) is 3.93. The van der Waals surface area contributed by atoms with Crippen molar-refractivity contribution in [3.63, 3.8) is 0 Å². The SMILES string of the molecule is COc1ccc(C(C)(O)c2nc(-c3ccco3)nc3ccccc23)cc1. The topological polar surface area (TPSA) is 68.4 Å². The van der Waals surface area contributed by atoms with Gasteiger partial charge in [-0.1, -0.05) is 30.3 Å². The number of nitrogens with zero attached hydrogens (tertiary/aromatic N) is 2. The monoisotopic (exact) mass is 346 g/mol. The van der Waals surface area contributed by atoms with E-state index in [9.17, 15) is 5.11 Å². The van der Waals surface area contributed by atoms with E-state index in [0.717, 1.165) is 16.7 Å². The summed E-state index contributed by atoms with van der Waals surface area (Å²) in [5.74, 6) is 1.73. The summed E-state index contributed by atoms with van der Waals surface area (Å²) in [4.78, 5) is 9.22. The first kappa shape index (κ1) is 16.3. The number of furan rings is 1. The average molecular weight is 346 g/mol. The van der Waals surface area contributed by atoms with Crippen LogP contribution in [-0.2, 0) is 5.60 Å². The van der Waals surface area contributed by atoms with Crippen molar-refractivity contribution in [3.8, 4) is 17.3 Å². The molecule has 0 aliphatic carbocycles. The van der Waals surface area contributed by atoms with Crippen LogP contribution in [0.3, 0.4) is 0 Å². The Morgan fingerprint density at radius 2 is 1.73 bits per heavy atom. The minimum atomic E-state index is -1.31. The Morgan fingerprint density at radius 3 is 2.42 bits per heavy atom. The molecular formula is C21H18N2O3. The Bertz CT molecular complexity index is 1040. The van der Waals surface area contributed by atoms with Crippen LogP contribution >= 0.6 is 0 Å². The van der Waals surface area contributed by atoms with E-state index >= 15 is 0 Å². The molecule has 2 aromatic carbocycles. The van der Waals surface area contributed by atoms with E-state index in [4.69, 9.17) is 9.15 Å². The fourth-order valence-electron chi connectivity index (χ4n) is 3.02. The largest absolute Gasteiger partial charge is 0.497 e. The smallest absolute Gasteiger partial charge is 0.196 e. The zero-order valence-electron chi connectivity index (χ0n) is 14.5. The van der Waals surface area contributed by atoms with Crippen molar-refractivity contribution in [2.45, 2.75) is 12.5 Å². The summed E-state index contributed by atoms with van der Waals surface area (Å²) in [6.45, 7) is 1.73. The van der Waals surface area contributed by atoms with E-state index in [2.05, 4.69) is 9.97 Å². The lowest BCUT2D eigenvalue weighted by molar-refractivity contribution is 0.0991. The van der Waals surface area contributed by atoms with E-state index in [0.29, 0.717) is 22.8 Å². The molecule has 0 radical (unpaired) electrons. The number of aliphatic hydroxyl groups is 1. The minimum Gasteiger partial charge on any atom is -0.497 e. The summed E-state index contributed by atoms with van der Waals surface area (Å²) in [5.41, 5.74) is 0.681. The highest BCUT2D eigenvalue weighted by molar-refractivity contribution is 5.83. The molecule has 0 fully saturated rings. The molecule has 0 aliphatic heterocycles. The molecule has 130 valence electrons. The fraction of sp³-hybridized carbons (Fsp3) is 0.143. The third kappa shape index (κ3) is 2.72. The molecule has 5 nitrogen and oxygen atoms in total. The summed E-state index contributed by atoms with van der Waals surface area (Å²) in [5, 5.41) is 12.2. The third-order valence-corrected chi connectivity index (χ3v) is 4.46. The van der Waals surface area contributed by atoms with Gasteiger partial charge in [0, 0.05) is 5.39 Å². The van der Waals surface area contributed by atoms with Gasteiger partial charge in [-0.15, -0.1) is 0 Å². The van der Waals surface area contributed by atoms with Crippen molar-refractivity contribution in [1.29, 1.82) is 0 Å². The third-order valence-electron chi connectivity index (χ3n) is 4.46. The lowest BCUT2D eigenvalue weighted by Crippen LogP contribution is -2.25. The number of hydrogen-bond donors (Lipinski definition) is 1. The molecule has 26 heavy (non-hydrogen) atoms. The number of para-hydroxylation sites is 1. The van der Waals surface area contributed by atoms with Crippen LogP contribution in [0.15, 0.2) is 71.3 Å². The van der Waals surface area contributed by atoms with Gasteiger partial charge in [-0.2, -0.15) is 0 Å². The molecule has 4 aromatic rings. The molecule has 1 N–H and O–H groups in total. The Balaban J connectivity index is 1.93. The highest BCUT2D eigenvalue weighted by atomic mass is 16.5. The van der Waals surface area contributed by atoms with Gasteiger partial charge in [-0.05, 0) is 42.8 Å².